The van der Waals surface area contributed by atoms with Gasteiger partial charge >= 0.3 is 0 Å². The third kappa shape index (κ3) is 4.21. The number of aliphatic hydroxyl groups is 1. The second-order valence-corrected chi connectivity index (χ2v) is 9.02. The molecule has 6 nitrogen and oxygen atoms in total. The number of amides is 1. The molecule has 8 heteroatoms. The van der Waals surface area contributed by atoms with Gasteiger partial charge in [0.05, 0.1) is 37.4 Å². The molecule has 0 spiro atoms. The summed E-state index contributed by atoms with van der Waals surface area (Å²) in [6.07, 6.45) is 0. The molecule has 1 unspecified atom stereocenters. The van der Waals surface area contributed by atoms with Gasteiger partial charge in [0.2, 0.25) is 0 Å². The summed E-state index contributed by atoms with van der Waals surface area (Å²) in [5.41, 5.74) is 1.86. The monoisotopic (exact) mass is 483 g/mol. The van der Waals surface area contributed by atoms with Crippen molar-refractivity contribution in [3.05, 3.63) is 86.1 Å². The van der Waals surface area contributed by atoms with E-state index < -0.39 is 17.7 Å². The zero-order valence-electron chi connectivity index (χ0n) is 18.3. The molecule has 4 rings (SSSR count). The molecule has 1 fully saturated rings. The summed E-state index contributed by atoms with van der Waals surface area (Å²) in [4.78, 5) is 28.7. The Labute approximate surface area is 200 Å². The van der Waals surface area contributed by atoms with Crippen LogP contribution in [-0.4, -0.2) is 35.9 Å². The number of benzene rings is 2. The van der Waals surface area contributed by atoms with E-state index in [9.17, 15) is 14.7 Å². The lowest BCUT2D eigenvalue weighted by Crippen LogP contribution is -2.28. The first-order valence-electron chi connectivity index (χ1n) is 10.1. The summed E-state index contributed by atoms with van der Waals surface area (Å²) < 4.78 is 10.6. The third-order valence-electron chi connectivity index (χ3n) is 5.62. The summed E-state index contributed by atoms with van der Waals surface area (Å²) in [7, 11) is 3.04. The van der Waals surface area contributed by atoms with E-state index in [1.54, 1.807) is 36.4 Å². The molecule has 0 saturated carbocycles. The average molecular weight is 484 g/mol. The Hall–Kier alpha value is -3.29. The van der Waals surface area contributed by atoms with Gasteiger partial charge in [-0.25, -0.2) is 0 Å². The number of ether oxygens (including phenoxy) is 2. The zero-order chi connectivity index (χ0) is 23.7. The zero-order valence-corrected chi connectivity index (χ0v) is 19.9. The van der Waals surface area contributed by atoms with E-state index in [0.717, 1.165) is 10.4 Å². The standard InChI is InChI=1S/C25H22ClNO5S/c1-14-6-7-16(12-20(14)32-3)23(28)21-22(15-8-9-19(31-2)18(26)11-15)27(25(30)24(21)29)13-17-5-4-10-33-17/h4-12,22,28H,13H2,1-3H3/b23-21+. The van der Waals surface area contributed by atoms with Gasteiger partial charge in [-0.3, -0.25) is 9.59 Å². The molecule has 1 amide bonds. The largest absolute Gasteiger partial charge is 0.507 e. The smallest absolute Gasteiger partial charge is 0.295 e. The minimum atomic E-state index is -0.817. The Morgan fingerprint density at radius 2 is 1.85 bits per heavy atom. The van der Waals surface area contributed by atoms with Gasteiger partial charge in [-0.2, -0.15) is 0 Å². The van der Waals surface area contributed by atoms with Crippen LogP contribution in [0.5, 0.6) is 11.5 Å². The molecule has 3 aromatic rings. The van der Waals surface area contributed by atoms with Crippen LogP contribution >= 0.6 is 22.9 Å². The fraction of sp³-hybridized carbons (Fsp3) is 0.200. The lowest BCUT2D eigenvalue weighted by Gasteiger charge is -2.25. The Morgan fingerprint density at radius 3 is 2.48 bits per heavy atom. The van der Waals surface area contributed by atoms with E-state index in [0.29, 0.717) is 27.6 Å². The molecule has 1 aromatic heterocycles. The molecule has 1 aliphatic rings. The van der Waals surface area contributed by atoms with Gasteiger partial charge in [0, 0.05) is 10.4 Å². The number of halogens is 1. The van der Waals surface area contributed by atoms with Crippen LogP contribution < -0.4 is 9.47 Å². The SMILES string of the molecule is COc1cc(/C(O)=C2\C(=O)C(=O)N(Cc3cccs3)C2c2ccc(OC)c(Cl)c2)ccc1C. The summed E-state index contributed by atoms with van der Waals surface area (Å²) in [5, 5.41) is 13.5. The van der Waals surface area contributed by atoms with Crippen molar-refractivity contribution >= 4 is 40.4 Å². The van der Waals surface area contributed by atoms with E-state index >= 15 is 0 Å². The van der Waals surface area contributed by atoms with Crippen LogP contribution in [0.3, 0.4) is 0 Å². The molecule has 2 heterocycles. The number of methoxy groups -OCH3 is 2. The Kier molecular flexibility index (Phi) is 6.44. The molecule has 1 atom stereocenters. The van der Waals surface area contributed by atoms with Gasteiger partial charge < -0.3 is 19.5 Å². The van der Waals surface area contributed by atoms with Crippen molar-refractivity contribution in [2.24, 2.45) is 0 Å². The lowest BCUT2D eigenvalue weighted by molar-refractivity contribution is -0.140. The molecule has 2 aromatic carbocycles. The molecular formula is C25H22ClNO5S. The van der Waals surface area contributed by atoms with Crippen LogP contribution in [0.15, 0.2) is 59.5 Å². The molecule has 1 saturated heterocycles. The van der Waals surface area contributed by atoms with Crippen LogP contribution in [0.4, 0.5) is 0 Å². The van der Waals surface area contributed by atoms with E-state index in [1.165, 1.54) is 30.5 Å². The maximum Gasteiger partial charge on any atom is 0.295 e. The van der Waals surface area contributed by atoms with Crippen LogP contribution in [0, 0.1) is 6.92 Å². The Bertz CT molecular complexity index is 1250. The second-order valence-electron chi connectivity index (χ2n) is 7.58. The summed E-state index contributed by atoms with van der Waals surface area (Å²) in [6.45, 7) is 2.10. The van der Waals surface area contributed by atoms with Crippen molar-refractivity contribution in [1.29, 1.82) is 0 Å². The quantitative estimate of drug-likeness (QED) is 0.290. The highest BCUT2D eigenvalue weighted by Gasteiger charge is 2.46. The van der Waals surface area contributed by atoms with E-state index in [1.807, 2.05) is 24.4 Å². The van der Waals surface area contributed by atoms with Crippen molar-refractivity contribution in [2.45, 2.75) is 19.5 Å². The number of carbonyl (C=O) groups is 2. The first kappa shape index (κ1) is 22.9. The molecule has 0 bridgehead atoms. The number of ketones is 1. The van der Waals surface area contributed by atoms with Crippen LogP contribution in [0.25, 0.3) is 5.76 Å². The van der Waals surface area contributed by atoms with E-state index in [2.05, 4.69) is 0 Å². The summed E-state index contributed by atoms with van der Waals surface area (Å²) in [5.74, 6) is -0.659. The molecule has 1 aliphatic heterocycles. The maximum atomic E-state index is 13.2. The van der Waals surface area contributed by atoms with Gasteiger partial charge in [-0.05, 0) is 47.7 Å². The number of rotatable bonds is 6. The number of hydrogen-bond acceptors (Lipinski definition) is 6. The number of Topliss-reactive ketones (excluding diaryl/α,β-unsaturated/α-hetero) is 1. The first-order chi connectivity index (χ1) is 15.8. The number of aryl methyl sites for hydroxylation is 1. The predicted octanol–water partition coefficient (Wildman–Crippen LogP) is 5.35. The van der Waals surface area contributed by atoms with Gasteiger partial charge in [0.25, 0.3) is 11.7 Å². The van der Waals surface area contributed by atoms with Crippen molar-refractivity contribution in [3.63, 3.8) is 0 Å². The normalized spacial score (nSPS) is 17.5. The predicted molar refractivity (Wildman–Crippen MR) is 128 cm³/mol. The van der Waals surface area contributed by atoms with Crippen LogP contribution in [0.2, 0.25) is 5.02 Å². The number of hydrogen-bond donors (Lipinski definition) is 1. The number of likely N-dealkylation sites (tertiary alicyclic amines) is 1. The fourth-order valence-electron chi connectivity index (χ4n) is 3.94. The third-order valence-corrected chi connectivity index (χ3v) is 6.78. The fourth-order valence-corrected chi connectivity index (χ4v) is 4.90. The van der Waals surface area contributed by atoms with E-state index in [-0.39, 0.29) is 17.9 Å². The minimum absolute atomic E-state index is 0.00342. The van der Waals surface area contributed by atoms with Crippen LogP contribution in [0.1, 0.15) is 27.6 Å². The molecule has 1 N–H and O–H groups in total. The highest BCUT2D eigenvalue weighted by Crippen LogP contribution is 2.42. The molecule has 0 aliphatic carbocycles. The second kappa shape index (κ2) is 9.29. The number of carbonyl (C=O) groups excluding carboxylic acids is 2. The maximum absolute atomic E-state index is 13.2. The number of thiophene rings is 1. The van der Waals surface area contributed by atoms with E-state index in [4.69, 9.17) is 21.1 Å². The highest BCUT2D eigenvalue weighted by molar-refractivity contribution is 7.09. The van der Waals surface area contributed by atoms with Gasteiger partial charge in [-0.15, -0.1) is 11.3 Å². The Morgan fingerprint density at radius 1 is 1.09 bits per heavy atom. The summed E-state index contributed by atoms with van der Waals surface area (Å²) >= 11 is 7.85. The Balaban J connectivity index is 1.89. The van der Waals surface area contributed by atoms with Crippen molar-refractivity contribution in [3.8, 4) is 11.5 Å². The number of nitrogens with zero attached hydrogens (tertiary/aromatic N) is 1. The molecular weight excluding hydrogens is 462 g/mol. The molecule has 0 radical (unpaired) electrons. The molecule has 170 valence electrons. The topological polar surface area (TPSA) is 76.1 Å². The number of aliphatic hydroxyl groups excluding tert-OH is 1. The van der Waals surface area contributed by atoms with Gasteiger partial charge in [-0.1, -0.05) is 35.9 Å². The highest BCUT2D eigenvalue weighted by atomic mass is 35.5. The minimum Gasteiger partial charge on any atom is -0.507 e. The lowest BCUT2D eigenvalue weighted by atomic mass is 9.94. The van der Waals surface area contributed by atoms with Gasteiger partial charge in [0.1, 0.15) is 17.3 Å². The van der Waals surface area contributed by atoms with Crippen LogP contribution in [-0.2, 0) is 16.1 Å². The average Bonchev–Trinajstić information content (AvgIpc) is 3.41. The molecule has 33 heavy (non-hydrogen) atoms. The van der Waals surface area contributed by atoms with Crippen molar-refractivity contribution < 1.29 is 24.2 Å². The first-order valence-corrected chi connectivity index (χ1v) is 11.4. The van der Waals surface area contributed by atoms with Crippen molar-refractivity contribution in [1.82, 2.24) is 4.90 Å². The van der Waals surface area contributed by atoms with Crippen molar-refractivity contribution in [2.75, 3.05) is 14.2 Å². The van der Waals surface area contributed by atoms with Gasteiger partial charge in [0.15, 0.2) is 0 Å². The summed E-state index contributed by atoms with van der Waals surface area (Å²) in [6, 6.07) is 13.2.